The molecule has 0 aliphatic carbocycles. The largest absolute Gasteiger partial charge is 0.471 e. The Hall–Kier alpha value is -3.12. The summed E-state index contributed by atoms with van der Waals surface area (Å²) in [6.07, 6.45) is -8.79. The van der Waals surface area contributed by atoms with Crippen molar-refractivity contribution in [3.05, 3.63) is 11.8 Å². The van der Waals surface area contributed by atoms with Gasteiger partial charge in [-0.25, -0.2) is 0 Å². The monoisotopic (exact) mass is 430 g/mol. The maximum atomic E-state index is 12.2. The van der Waals surface area contributed by atoms with E-state index in [1.807, 2.05) is 0 Å². The van der Waals surface area contributed by atoms with E-state index >= 15 is 0 Å². The van der Waals surface area contributed by atoms with E-state index in [0.717, 1.165) is 0 Å². The number of nitrogen functional groups attached to an aromatic ring is 2. The van der Waals surface area contributed by atoms with Crippen LogP contribution in [0, 0.1) is 11.8 Å². The molecule has 11 nitrogen and oxygen atoms in total. The lowest BCUT2D eigenvalue weighted by molar-refractivity contribution is -0.173. The second kappa shape index (κ2) is 7.95. The van der Waals surface area contributed by atoms with Gasteiger partial charge in [0.1, 0.15) is 24.1 Å². The summed E-state index contributed by atoms with van der Waals surface area (Å²) in [4.78, 5) is 18.7. The van der Waals surface area contributed by atoms with Gasteiger partial charge in [0.25, 0.3) is 0 Å². The Morgan fingerprint density at radius 1 is 1.30 bits per heavy atom. The Labute approximate surface area is 166 Å². The highest BCUT2D eigenvalue weighted by atomic mass is 19.4. The molecule has 0 saturated carbocycles. The first-order valence-electron chi connectivity index (χ1n) is 8.44. The predicted molar refractivity (Wildman–Crippen MR) is 95.3 cm³/mol. The van der Waals surface area contributed by atoms with Gasteiger partial charge in [-0.3, -0.25) is 4.79 Å². The Morgan fingerprint density at radius 3 is 2.60 bits per heavy atom. The smallest absolute Gasteiger partial charge is 0.394 e. The fourth-order valence-electron chi connectivity index (χ4n) is 2.96. The minimum Gasteiger partial charge on any atom is -0.394 e. The van der Waals surface area contributed by atoms with Crippen molar-refractivity contribution < 1.29 is 38.0 Å². The molecule has 2 aromatic heterocycles. The topological polar surface area (TPSA) is 182 Å². The van der Waals surface area contributed by atoms with Gasteiger partial charge in [-0.2, -0.15) is 23.1 Å². The van der Waals surface area contributed by atoms with Gasteiger partial charge >= 0.3 is 12.1 Å². The van der Waals surface area contributed by atoms with E-state index in [0.29, 0.717) is 0 Å². The quantitative estimate of drug-likeness (QED) is 0.307. The highest BCUT2D eigenvalue weighted by molar-refractivity contribution is 5.93. The highest BCUT2D eigenvalue weighted by Gasteiger charge is 2.44. The van der Waals surface area contributed by atoms with Crippen molar-refractivity contribution in [3.63, 3.8) is 0 Å². The average Bonchev–Trinajstić information content (AvgIpc) is 3.15. The number of rotatable bonds is 3. The molecular weight excluding hydrogens is 413 g/mol. The Balaban J connectivity index is 1.97. The van der Waals surface area contributed by atoms with Crippen LogP contribution in [-0.4, -0.2) is 73.4 Å². The molecule has 1 fully saturated rings. The zero-order valence-corrected chi connectivity index (χ0v) is 15.1. The summed E-state index contributed by atoms with van der Waals surface area (Å²) in [5, 5.41) is 31.3. The third-order valence-corrected chi connectivity index (χ3v) is 4.33. The van der Waals surface area contributed by atoms with Crippen molar-refractivity contribution in [1.82, 2.24) is 19.9 Å². The van der Waals surface area contributed by atoms with Crippen LogP contribution in [-0.2, 0) is 9.53 Å². The lowest BCUT2D eigenvalue weighted by Crippen LogP contribution is -2.36. The van der Waals surface area contributed by atoms with E-state index in [2.05, 4.69) is 21.8 Å². The molecule has 4 unspecified atom stereocenters. The number of nitrogens with two attached hydrogens (primary N) is 2. The first kappa shape index (κ1) is 21.6. The van der Waals surface area contributed by atoms with Crippen molar-refractivity contribution >= 4 is 28.7 Å². The van der Waals surface area contributed by atoms with Crippen LogP contribution in [0.3, 0.4) is 0 Å². The number of carbonyl (C=O) groups is 1. The third-order valence-electron chi connectivity index (χ3n) is 4.33. The fraction of sp³-hybridized carbons (Fsp3) is 0.438. The van der Waals surface area contributed by atoms with Crippen LogP contribution >= 0.6 is 0 Å². The lowest BCUT2D eigenvalue weighted by atomic mass is 10.1. The van der Waals surface area contributed by atoms with Gasteiger partial charge < -0.3 is 41.4 Å². The fourth-order valence-corrected chi connectivity index (χ4v) is 2.96. The lowest BCUT2D eigenvalue weighted by Gasteiger charge is -2.17. The maximum absolute atomic E-state index is 12.2. The molecule has 3 rings (SSSR count). The van der Waals surface area contributed by atoms with E-state index in [4.69, 9.17) is 16.2 Å². The second-order valence-electron chi connectivity index (χ2n) is 6.33. The molecule has 1 aliphatic heterocycles. The minimum atomic E-state index is -5.03. The van der Waals surface area contributed by atoms with Crippen LogP contribution < -0.4 is 16.8 Å². The molecule has 162 valence electrons. The molecule has 2 aromatic rings. The van der Waals surface area contributed by atoms with Crippen LogP contribution in [0.5, 0.6) is 0 Å². The number of hydrogen-bond acceptors (Lipinski definition) is 9. The van der Waals surface area contributed by atoms with Gasteiger partial charge in [0.05, 0.1) is 24.1 Å². The van der Waals surface area contributed by atoms with Crippen molar-refractivity contribution in [2.24, 2.45) is 0 Å². The van der Waals surface area contributed by atoms with Crippen molar-refractivity contribution in [1.29, 1.82) is 0 Å². The summed E-state index contributed by atoms with van der Waals surface area (Å²) in [5.41, 5.74) is 11.7. The van der Waals surface area contributed by atoms with Gasteiger partial charge in [-0.1, -0.05) is 11.8 Å². The summed E-state index contributed by atoms with van der Waals surface area (Å²) in [5.74, 6) is 2.47. The molecule has 1 aliphatic rings. The van der Waals surface area contributed by atoms with Crippen LogP contribution in [0.4, 0.5) is 24.9 Å². The zero-order valence-electron chi connectivity index (χ0n) is 15.1. The second-order valence-corrected chi connectivity index (χ2v) is 6.33. The number of fused-ring (bicyclic) bond motifs is 1. The number of halogens is 3. The number of nitrogens with zero attached hydrogens (tertiary/aromatic N) is 3. The molecule has 0 aromatic carbocycles. The van der Waals surface area contributed by atoms with Crippen LogP contribution in [0.1, 0.15) is 11.8 Å². The Bertz CT molecular complexity index is 1030. The Kier molecular flexibility index (Phi) is 5.72. The molecule has 1 amide bonds. The van der Waals surface area contributed by atoms with Crippen LogP contribution in [0.15, 0.2) is 6.20 Å². The number of carbonyl (C=O) groups excluding carboxylic acids is 1. The first-order chi connectivity index (χ1) is 14.0. The predicted octanol–water partition coefficient (Wildman–Crippen LogP) is -1.76. The van der Waals surface area contributed by atoms with E-state index in [9.17, 15) is 33.3 Å². The van der Waals surface area contributed by atoms with Gasteiger partial charge in [-0.15, -0.1) is 0 Å². The Morgan fingerprint density at radius 2 is 2.00 bits per heavy atom. The van der Waals surface area contributed by atoms with Crippen molar-refractivity contribution in [2.75, 3.05) is 24.6 Å². The molecule has 14 heteroatoms. The standard InChI is InChI=1S/C16H17F3N6O5/c17-16(18,19)14(29)22-3-1-2-6-4-25(12-8(6)11(20)23-15(21)24-12)13-10(28)9(27)7(5-26)30-13/h4,7,9-10,13,26-28H,3,5H2,(H,22,29)(H4,20,21,23,24). The van der Waals surface area contributed by atoms with E-state index in [1.54, 1.807) is 5.32 Å². The number of aromatic nitrogens is 3. The summed E-state index contributed by atoms with van der Waals surface area (Å²) < 4.78 is 43.4. The van der Waals surface area contributed by atoms with Crippen molar-refractivity contribution in [2.45, 2.75) is 30.7 Å². The molecule has 0 bridgehead atoms. The number of aliphatic hydroxyl groups excluding tert-OH is 3. The van der Waals surface area contributed by atoms with Crippen LogP contribution in [0.2, 0.25) is 0 Å². The maximum Gasteiger partial charge on any atom is 0.471 e. The SMILES string of the molecule is Nc1nc(N)c2c(C#CCNC(=O)C(F)(F)F)cn(C3OC(CO)C(O)C3O)c2n1. The summed E-state index contributed by atoms with van der Waals surface area (Å²) in [6.45, 7) is -1.16. The number of anilines is 2. The molecule has 4 atom stereocenters. The number of hydrogen-bond donors (Lipinski definition) is 6. The van der Waals surface area contributed by atoms with Crippen LogP contribution in [0.25, 0.3) is 11.0 Å². The summed E-state index contributed by atoms with van der Waals surface area (Å²) in [6, 6.07) is 0. The average molecular weight is 430 g/mol. The number of alkyl halides is 3. The van der Waals surface area contributed by atoms with E-state index in [1.165, 1.54) is 10.8 Å². The molecular formula is C16H17F3N6O5. The molecule has 0 spiro atoms. The summed E-state index contributed by atoms with van der Waals surface area (Å²) >= 11 is 0. The number of nitrogens with one attached hydrogen (secondary N) is 1. The molecule has 3 heterocycles. The van der Waals surface area contributed by atoms with Gasteiger partial charge in [-0.05, 0) is 0 Å². The molecule has 30 heavy (non-hydrogen) atoms. The minimum absolute atomic E-state index is 0.0819. The highest BCUT2D eigenvalue weighted by Crippen LogP contribution is 2.34. The van der Waals surface area contributed by atoms with E-state index in [-0.39, 0.29) is 28.4 Å². The third kappa shape index (κ3) is 3.96. The van der Waals surface area contributed by atoms with Crippen molar-refractivity contribution in [3.8, 4) is 11.8 Å². The molecule has 1 saturated heterocycles. The zero-order chi connectivity index (χ0) is 22.2. The number of aliphatic hydroxyl groups is 3. The number of ether oxygens (including phenoxy) is 1. The summed E-state index contributed by atoms with van der Waals surface area (Å²) in [7, 11) is 0. The molecule has 0 radical (unpaired) electrons. The van der Waals surface area contributed by atoms with Gasteiger partial charge in [0.2, 0.25) is 5.95 Å². The first-order valence-corrected chi connectivity index (χ1v) is 8.44. The number of amides is 1. The normalized spacial score (nSPS) is 23.9. The van der Waals surface area contributed by atoms with Gasteiger partial charge in [0.15, 0.2) is 11.9 Å². The molecule has 8 N–H and O–H groups in total. The van der Waals surface area contributed by atoms with E-state index < -0.39 is 49.8 Å². The van der Waals surface area contributed by atoms with Gasteiger partial charge in [0, 0.05) is 6.20 Å².